The molecular weight excluding hydrogens is 195 g/mol. The third-order valence-electron chi connectivity index (χ3n) is 1.81. The zero-order chi connectivity index (χ0) is 10.8. The van der Waals surface area contributed by atoms with Gasteiger partial charge in [-0.2, -0.15) is 13.2 Å². The number of halogens is 3. The number of hydrogen-bond donors (Lipinski definition) is 0. The molecule has 0 bridgehead atoms. The second-order valence-corrected chi connectivity index (χ2v) is 2.90. The fourth-order valence-corrected chi connectivity index (χ4v) is 0.921. The summed E-state index contributed by atoms with van der Waals surface area (Å²) in [5, 5.41) is 0. The maximum Gasteiger partial charge on any atom is 0.433 e. The quantitative estimate of drug-likeness (QED) is 0.691. The molecule has 14 heavy (non-hydrogen) atoms. The minimum atomic E-state index is -4.43. The molecule has 0 aliphatic rings. The van der Waals surface area contributed by atoms with E-state index in [0.717, 1.165) is 12.3 Å². The van der Waals surface area contributed by atoms with Crippen LogP contribution in [0.2, 0.25) is 0 Å². The van der Waals surface area contributed by atoms with Gasteiger partial charge in [0.05, 0.1) is 0 Å². The standard InChI is InChI=1S/C9H8F3NO/c1-6(5-14)7-2-3-8(13-4-7)9(10,11)12/h2-6H,1H3/t6-/m1/s1. The minimum absolute atomic E-state index is 0.426. The minimum Gasteiger partial charge on any atom is -0.303 e. The molecule has 0 amide bonds. The van der Waals surface area contributed by atoms with Crippen LogP contribution in [-0.4, -0.2) is 11.3 Å². The SMILES string of the molecule is C[C@H](C=O)c1ccc(C(F)(F)F)nc1. The van der Waals surface area contributed by atoms with Crippen molar-refractivity contribution in [2.45, 2.75) is 19.0 Å². The molecule has 0 unspecified atom stereocenters. The maximum atomic E-state index is 12.1. The smallest absolute Gasteiger partial charge is 0.303 e. The van der Waals surface area contributed by atoms with E-state index in [1.165, 1.54) is 6.07 Å². The molecule has 0 N–H and O–H groups in total. The average Bonchev–Trinajstić information content (AvgIpc) is 2.15. The number of carbonyl (C=O) groups is 1. The lowest BCUT2D eigenvalue weighted by atomic mass is 10.1. The van der Waals surface area contributed by atoms with E-state index in [1.807, 2.05) is 0 Å². The Bertz CT molecular complexity index is 318. The molecule has 0 spiro atoms. The van der Waals surface area contributed by atoms with Crippen LogP contribution in [0.3, 0.4) is 0 Å². The van der Waals surface area contributed by atoms with Crippen LogP contribution >= 0.6 is 0 Å². The molecule has 1 atom stereocenters. The van der Waals surface area contributed by atoms with E-state index >= 15 is 0 Å². The predicted molar refractivity (Wildman–Crippen MR) is 43.7 cm³/mol. The van der Waals surface area contributed by atoms with E-state index in [4.69, 9.17) is 0 Å². The van der Waals surface area contributed by atoms with Gasteiger partial charge in [0.1, 0.15) is 12.0 Å². The lowest BCUT2D eigenvalue weighted by Crippen LogP contribution is -2.08. The summed E-state index contributed by atoms with van der Waals surface area (Å²) in [6.07, 6.45) is -2.70. The molecule has 2 nitrogen and oxygen atoms in total. The normalized spacial score (nSPS) is 13.7. The van der Waals surface area contributed by atoms with Crippen molar-refractivity contribution in [3.05, 3.63) is 29.6 Å². The Labute approximate surface area is 78.8 Å². The van der Waals surface area contributed by atoms with Crippen molar-refractivity contribution in [3.63, 3.8) is 0 Å². The van der Waals surface area contributed by atoms with Crippen molar-refractivity contribution in [3.8, 4) is 0 Å². The highest BCUT2D eigenvalue weighted by Crippen LogP contribution is 2.27. The molecule has 1 rings (SSSR count). The highest BCUT2D eigenvalue weighted by Gasteiger charge is 2.32. The summed E-state index contributed by atoms with van der Waals surface area (Å²) in [5.41, 5.74) is -0.465. The summed E-state index contributed by atoms with van der Waals surface area (Å²) >= 11 is 0. The topological polar surface area (TPSA) is 30.0 Å². The summed E-state index contributed by atoms with van der Waals surface area (Å²) < 4.78 is 36.2. The van der Waals surface area contributed by atoms with Gasteiger partial charge >= 0.3 is 6.18 Å². The summed E-state index contributed by atoms with van der Waals surface area (Å²) in [5.74, 6) is -0.426. The van der Waals surface area contributed by atoms with E-state index in [1.54, 1.807) is 6.92 Å². The molecule has 0 aliphatic carbocycles. The molecule has 0 saturated heterocycles. The first-order chi connectivity index (χ1) is 6.45. The first-order valence-corrected chi connectivity index (χ1v) is 3.93. The van der Waals surface area contributed by atoms with Crippen molar-refractivity contribution in [1.82, 2.24) is 4.98 Å². The Kier molecular flexibility index (Phi) is 2.88. The van der Waals surface area contributed by atoms with E-state index < -0.39 is 17.8 Å². The number of alkyl halides is 3. The second kappa shape index (κ2) is 3.77. The fourth-order valence-electron chi connectivity index (χ4n) is 0.921. The molecule has 0 radical (unpaired) electrons. The maximum absolute atomic E-state index is 12.1. The lowest BCUT2D eigenvalue weighted by Gasteiger charge is -2.07. The van der Waals surface area contributed by atoms with Crippen molar-refractivity contribution in [2.24, 2.45) is 0 Å². The number of carbonyl (C=O) groups excluding carboxylic acids is 1. The third-order valence-corrected chi connectivity index (χ3v) is 1.81. The number of pyridine rings is 1. The van der Waals surface area contributed by atoms with Gasteiger partial charge in [-0.05, 0) is 11.6 Å². The zero-order valence-corrected chi connectivity index (χ0v) is 7.38. The van der Waals surface area contributed by atoms with Gasteiger partial charge in [0.15, 0.2) is 0 Å². The Balaban J connectivity index is 2.95. The van der Waals surface area contributed by atoms with Crippen LogP contribution in [0.5, 0.6) is 0 Å². The van der Waals surface area contributed by atoms with Crippen LogP contribution in [0.15, 0.2) is 18.3 Å². The molecule has 1 heterocycles. The summed E-state index contributed by atoms with van der Waals surface area (Å²) in [7, 11) is 0. The molecule has 76 valence electrons. The monoisotopic (exact) mass is 203 g/mol. The highest BCUT2D eigenvalue weighted by molar-refractivity contribution is 5.60. The van der Waals surface area contributed by atoms with Gasteiger partial charge in [-0.25, -0.2) is 0 Å². The molecule has 0 fully saturated rings. The third kappa shape index (κ3) is 2.31. The number of nitrogens with zero attached hydrogens (tertiary/aromatic N) is 1. The molecule has 0 aliphatic heterocycles. The van der Waals surface area contributed by atoms with Gasteiger partial charge < -0.3 is 4.79 Å². The molecule has 0 aromatic carbocycles. The molecule has 5 heteroatoms. The average molecular weight is 203 g/mol. The Morgan fingerprint density at radius 3 is 2.43 bits per heavy atom. The first kappa shape index (κ1) is 10.7. The molecule has 1 aromatic heterocycles. The van der Waals surface area contributed by atoms with Crippen molar-refractivity contribution in [1.29, 1.82) is 0 Å². The Morgan fingerprint density at radius 1 is 1.43 bits per heavy atom. The summed E-state index contributed by atoms with van der Waals surface area (Å²) in [6, 6.07) is 2.13. The summed E-state index contributed by atoms with van der Waals surface area (Å²) in [6.45, 7) is 1.59. The molecule has 1 aromatic rings. The number of rotatable bonds is 2. The van der Waals surface area contributed by atoms with Gasteiger partial charge in [0.2, 0.25) is 0 Å². The number of hydrogen-bond acceptors (Lipinski definition) is 2. The number of aromatic nitrogens is 1. The highest BCUT2D eigenvalue weighted by atomic mass is 19.4. The van der Waals surface area contributed by atoms with Gasteiger partial charge in [0, 0.05) is 12.1 Å². The van der Waals surface area contributed by atoms with E-state index in [-0.39, 0.29) is 0 Å². The van der Waals surface area contributed by atoms with Crippen LogP contribution in [0, 0.1) is 0 Å². The van der Waals surface area contributed by atoms with Crippen LogP contribution in [0.1, 0.15) is 24.1 Å². The largest absolute Gasteiger partial charge is 0.433 e. The molecular formula is C9H8F3NO. The van der Waals surface area contributed by atoms with Gasteiger partial charge in [-0.15, -0.1) is 0 Å². The van der Waals surface area contributed by atoms with Crippen LogP contribution in [-0.2, 0) is 11.0 Å². The van der Waals surface area contributed by atoms with Gasteiger partial charge in [0.25, 0.3) is 0 Å². The number of aldehydes is 1. The first-order valence-electron chi connectivity index (χ1n) is 3.93. The van der Waals surface area contributed by atoms with Crippen molar-refractivity contribution >= 4 is 6.29 Å². The van der Waals surface area contributed by atoms with Gasteiger partial charge in [-0.3, -0.25) is 4.98 Å². The van der Waals surface area contributed by atoms with Crippen LogP contribution in [0.4, 0.5) is 13.2 Å². The van der Waals surface area contributed by atoms with Gasteiger partial charge in [-0.1, -0.05) is 13.0 Å². The Morgan fingerprint density at radius 2 is 2.07 bits per heavy atom. The second-order valence-electron chi connectivity index (χ2n) is 2.90. The van der Waals surface area contributed by atoms with E-state index in [9.17, 15) is 18.0 Å². The molecule has 0 saturated carbocycles. The predicted octanol–water partition coefficient (Wildman–Crippen LogP) is 2.40. The van der Waals surface area contributed by atoms with E-state index in [2.05, 4.69) is 4.98 Å². The van der Waals surface area contributed by atoms with Crippen molar-refractivity contribution in [2.75, 3.05) is 0 Å². The van der Waals surface area contributed by atoms with Crippen molar-refractivity contribution < 1.29 is 18.0 Å². The Hall–Kier alpha value is -1.39. The van der Waals surface area contributed by atoms with E-state index in [0.29, 0.717) is 11.8 Å². The lowest BCUT2D eigenvalue weighted by molar-refractivity contribution is -0.141. The summed E-state index contributed by atoms with van der Waals surface area (Å²) in [4.78, 5) is 13.6. The van der Waals surface area contributed by atoms with Crippen LogP contribution < -0.4 is 0 Å². The fraction of sp³-hybridized carbons (Fsp3) is 0.333. The zero-order valence-electron chi connectivity index (χ0n) is 7.38. The van der Waals surface area contributed by atoms with Crippen LogP contribution in [0.25, 0.3) is 0 Å².